The molecule has 5 rings (SSSR count). The second-order valence-corrected chi connectivity index (χ2v) is 8.18. The smallest absolute Gasteiger partial charge is 0.323 e. The number of hydrogen-bond acceptors (Lipinski definition) is 3. The highest BCUT2D eigenvalue weighted by molar-refractivity contribution is 5.99. The third-order valence-electron chi connectivity index (χ3n) is 6.08. The van der Waals surface area contributed by atoms with Crippen molar-refractivity contribution in [2.75, 3.05) is 17.2 Å². The van der Waals surface area contributed by atoms with Crippen LogP contribution in [0.4, 0.5) is 16.2 Å². The van der Waals surface area contributed by atoms with E-state index in [9.17, 15) is 9.59 Å². The molecule has 1 unspecified atom stereocenters. The van der Waals surface area contributed by atoms with Crippen LogP contribution in [0.2, 0.25) is 0 Å². The van der Waals surface area contributed by atoms with Crippen molar-refractivity contribution in [3.8, 4) is 5.75 Å². The maximum Gasteiger partial charge on any atom is 0.323 e. The van der Waals surface area contributed by atoms with Crippen molar-refractivity contribution < 1.29 is 14.3 Å². The normalized spacial score (nSPS) is 17.4. The summed E-state index contributed by atoms with van der Waals surface area (Å²) in [7, 11) is 0. The van der Waals surface area contributed by atoms with E-state index in [1.54, 1.807) is 6.07 Å². The number of fused-ring (bicyclic) bond motifs is 2. The third-order valence-corrected chi connectivity index (χ3v) is 6.08. The molecule has 0 saturated heterocycles. The van der Waals surface area contributed by atoms with Gasteiger partial charge in [0, 0.05) is 16.9 Å². The Kier molecular flexibility index (Phi) is 5.50. The topological polar surface area (TPSA) is 70.7 Å². The number of urea groups is 1. The first kappa shape index (κ1) is 20.1. The molecule has 1 aliphatic heterocycles. The number of ether oxygens (including phenoxy) is 1. The molecule has 162 valence electrons. The summed E-state index contributed by atoms with van der Waals surface area (Å²) in [6.45, 7) is 0.468. The summed E-state index contributed by atoms with van der Waals surface area (Å²) >= 11 is 0. The predicted octanol–water partition coefficient (Wildman–Crippen LogP) is 5.13. The van der Waals surface area contributed by atoms with Gasteiger partial charge in [0.2, 0.25) is 0 Å². The summed E-state index contributed by atoms with van der Waals surface area (Å²) < 4.78 is 5.81. The number of anilines is 2. The van der Waals surface area contributed by atoms with Crippen molar-refractivity contribution in [3.05, 3.63) is 89.5 Å². The second-order valence-electron chi connectivity index (χ2n) is 8.18. The minimum absolute atomic E-state index is 0.0146. The number of amides is 3. The van der Waals surface area contributed by atoms with Crippen molar-refractivity contribution in [1.29, 1.82) is 0 Å². The van der Waals surface area contributed by atoms with Gasteiger partial charge in [-0.1, -0.05) is 42.5 Å². The van der Waals surface area contributed by atoms with E-state index in [0.717, 1.165) is 30.5 Å². The number of nitrogens with zero attached hydrogens (tertiary/aromatic N) is 1. The molecule has 0 fully saturated rings. The summed E-state index contributed by atoms with van der Waals surface area (Å²) in [5, 5.41) is 5.69. The molecule has 3 aromatic carbocycles. The third kappa shape index (κ3) is 4.17. The number of rotatable bonds is 3. The Morgan fingerprint density at radius 3 is 2.56 bits per heavy atom. The maximum absolute atomic E-state index is 13.0. The SMILES string of the molecule is O=C(Nc1ccccc1)Nc1ccc2c(c1)CN(C1CCCc3ccccc31)C(=O)CO2. The lowest BCUT2D eigenvalue weighted by molar-refractivity contribution is -0.136. The first-order chi connectivity index (χ1) is 15.7. The highest BCUT2D eigenvalue weighted by Crippen LogP contribution is 2.37. The summed E-state index contributed by atoms with van der Waals surface area (Å²) in [5.41, 5.74) is 4.80. The van der Waals surface area contributed by atoms with Crippen LogP contribution in [0.3, 0.4) is 0 Å². The number of hydrogen-bond donors (Lipinski definition) is 2. The van der Waals surface area contributed by atoms with E-state index in [4.69, 9.17) is 4.74 Å². The Morgan fingerprint density at radius 1 is 0.906 bits per heavy atom. The molecule has 1 atom stereocenters. The molecule has 1 aliphatic carbocycles. The average molecular weight is 428 g/mol. The Balaban J connectivity index is 1.37. The van der Waals surface area contributed by atoms with Gasteiger partial charge < -0.3 is 20.3 Å². The molecular weight excluding hydrogens is 402 g/mol. The van der Waals surface area contributed by atoms with Gasteiger partial charge in [0.05, 0.1) is 12.6 Å². The van der Waals surface area contributed by atoms with Crippen LogP contribution < -0.4 is 15.4 Å². The van der Waals surface area contributed by atoms with E-state index < -0.39 is 0 Å². The average Bonchev–Trinajstić information content (AvgIpc) is 2.98. The van der Waals surface area contributed by atoms with Crippen molar-refractivity contribution in [2.45, 2.75) is 31.8 Å². The number of aryl methyl sites for hydroxylation is 1. The van der Waals surface area contributed by atoms with Crippen LogP contribution in [0, 0.1) is 0 Å². The summed E-state index contributed by atoms with van der Waals surface area (Å²) in [5.74, 6) is 0.665. The summed E-state index contributed by atoms with van der Waals surface area (Å²) in [4.78, 5) is 27.3. The number of para-hydroxylation sites is 1. The molecular formula is C26H25N3O3. The van der Waals surface area contributed by atoms with Crippen molar-refractivity contribution in [3.63, 3.8) is 0 Å². The van der Waals surface area contributed by atoms with Gasteiger partial charge >= 0.3 is 6.03 Å². The molecule has 0 bridgehead atoms. The van der Waals surface area contributed by atoms with Crippen LogP contribution in [0.5, 0.6) is 5.75 Å². The molecule has 0 aromatic heterocycles. The molecule has 6 heteroatoms. The number of nitrogens with one attached hydrogen (secondary N) is 2. The number of carbonyl (C=O) groups is 2. The first-order valence-corrected chi connectivity index (χ1v) is 10.9. The van der Waals surface area contributed by atoms with E-state index >= 15 is 0 Å². The fourth-order valence-electron chi connectivity index (χ4n) is 4.57. The van der Waals surface area contributed by atoms with Gasteiger partial charge in [-0.25, -0.2) is 4.79 Å². The minimum atomic E-state index is -0.320. The predicted molar refractivity (Wildman–Crippen MR) is 124 cm³/mol. The van der Waals surface area contributed by atoms with Gasteiger partial charge in [0.25, 0.3) is 5.91 Å². The van der Waals surface area contributed by atoms with Crippen LogP contribution in [0.25, 0.3) is 0 Å². The molecule has 0 radical (unpaired) electrons. The van der Waals surface area contributed by atoms with E-state index in [0.29, 0.717) is 18.0 Å². The lowest BCUT2D eigenvalue weighted by atomic mass is 9.86. The van der Waals surface area contributed by atoms with E-state index in [1.165, 1.54) is 11.1 Å². The Morgan fingerprint density at radius 2 is 1.69 bits per heavy atom. The number of benzene rings is 3. The quantitative estimate of drug-likeness (QED) is 0.609. The highest BCUT2D eigenvalue weighted by atomic mass is 16.5. The summed E-state index contributed by atoms with van der Waals surface area (Å²) in [6, 6.07) is 22.9. The van der Waals surface area contributed by atoms with Crippen molar-refractivity contribution >= 4 is 23.3 Å². The van der Waals surface area contributed by atoms with Crippen LogP contribution >= 0.6 is 0 Å². The Hall–Kier alpha value is -3.80. The van der Waals surface area contributed by atoms with E-state index in [2.05, 4.69) is 28.8 Å². The Labute approximate surface area is 187 Å². The van der Waals surface area contributed by atoms with Crippen molar-refractivity contribution in [1.82, 2.24) is 4.90 Å². The van der Waals surface area contributed by atoms with Gasteiger partial charge in [0.15, 0.2) is 6.61 Å². The zero-order valence-electron chi connectivity index (χ0n) is 17.7. The fraction of sp³-hybridized carbons (Fsp3) is 0.231. The van der Waals surface area contributed by atoms with Crippen LogP contribution in [-0.2, 0) is 17.8 Å². The molecule has 32 heavy (non-hydrogen) atoms. The zero-order valence-corrected chi connectivity index (χ0v) is 17.7. The van der Waals surface area contributed by atoms with Crippen molar-refractivity contribution in [2.24, 2.45) is 0 Å². The van der Waals surface area contributed by atoms with E-state index in [1.807, 2.05) is 53.4 Å². The molecule has 3 aromatic rings. The lowest BCUT2D eigenvalue weighted by Gasteiger charge is -2.35. The van der Waals surface area contributed by atoms with Gasteiger partial charge in [-0.3, -0.25) is 4.79 Å². The minimum Gasteiger partial charge on any atom is -0.483 e. The van der Waals surface area contributed by atoms with E-state index in [-0.39, 0.29) is 24.6 Å². The van der Waals surface area contributed by atoms with Crippen LogP contribution in [0.1, 0.15) is 35.6 Å². The zero-order chi connectivity index (χ0) is 21.9. The maximum atomic E-state index is 13.0. The molecule has 0 saturated carbocycles. The van der Waals surface area contributed by atoms with Crippen LogP contribution in [0.15, 0.2) is 72.8 Å². The van der Waals surface area contributed by atoms with Crippen LogP contribution in [-0.4, -0.2) is 23.4 Å². The molecule has 0 spiro atoms. The standard InChI is InChI=1S/C26H25N3O3/c30-25-17-32-24-14-13-21(28-26(31)27-20-9-2-1-3-10-20)15-19(24)16-29(25)23-12-6-8-18-7-4-5-11-22(18)23/h1-5,7,9-11,13-15,23H,6,8,12,16-17H2,(H2,27,28,31). The van der Waals surface area contributed by atoms with Gasteiger partial charge in [0.1, 0.15) is 5.75 Å². The van der Waals surface area contributed by atoms with Gasteiger partial charge in [-0.05, 0) is 60.7 Å². The lowest BCUT2D eigenvalue weighted by Crippen LogP contribution is -2.37. The highest BCUT2D eigenvalue weighted by Gasteiger charge is 2.32. The second kappa shape index (κ2) is 8.75. The Bertz CT molecular complexity index is 1150. The molecule has 6 nitrogen and oxygen atoms in total. The first-order valence-electron chi connectivity index (χ1n) is 10.9. The van der Waals surface area contributed by atoms with Gasteiger partial charge in [-0.15, -0.1) is 0 Å². The fourth-order valence-corrected chi connectivity index (χ4v) is 4.57. The van der Waals surface area contributed by atoms with Gasteiger partial charge in [-0.2, -0.15) is 0 Å². The molecule has 3 amide bonds. The largest absolute Gasteiger partial charge is 0.483 e. The molecule has 2 aliphatic rings. The molecule has 1 heterocycles. The molecule has 2 N–H and O–H groups in total. The monoisotopic (exact) mass is 427 g/mol. The number of carbonyl (C=O) groups excluding carboxylic acids is 2. The summed E-state index contributed by atoms with van der Waals surface area (Å²) in [6.07, 6.45) is 3.04.